The molecule has 0 aromatic heterocycles. The molecule has 0 bridgehead atoms. The van der Waals surface area contributed by atoms with E-state index >= 15 is 0 Å². The third kappa shape index (κ3) is 2.29. The number of nitrogens with zero attached hydrogens (tertiary/aromatic N) is 1. The standard InChI is InChI=1S/C7H13NO2S/c1-6-2-4-8(5-3-6)7(9)10-11/h6,11H,2-5H2,1H3. The van der Waals surface area contributed by atoms with Crippen LogP contribution < -0.4 is 0 Å². The Morgan fingerprint density at radius 1 is 1.55 bits per heavy atom. The van der Waals surface area contributed by atoms with Gasteiger partial charge in [-0.1, -0.05) is 6.92 Å². The van der Waals surface area contributed by atoms with Crippen molar-refractivity contribution in [2.24, 2.45) is 5.92 Å². The van der Waals surface area contributed by atoms with E-state index in [9.17, 15) is 4.79 Å². The first kappa shape index (κ1) is 8.71. The Morgan fingerprint density at radius 2 is 2.09 bits per heavy atom. The molecule has 64 valence electrons. The molecule has 0 aromatic rings. The van der Waals surface area contributed by atoms with Crippen molar-refractivity contribution in [1.29, 1.82) is 0 Å². The van der Waals surface area contributed by atoms with E-state index in [0.29, 0.717) is 0 Å². The van der Waals surface area contributed by atoms with Crippen molar-refractivity contribution in [2.75, 3.05) is 13.1 Å². The first-order valence-electron chi connectivity index (χ1n) is 3.84. The summed E-state index contributed by atoms with van der Waals surface area (Å²) in [6.07, 6.45) is 1.83. The van der Waals surface area contributed by atoms with Crippen molar-refractivity contribution in [3.8, 4) is 0 Å². The summed E-state index contributed by atoms with van der Waals surface area (Å²) in [5.74, 6) is 0.735. The number of rotatable bonds is 0. The Morgan fingerprint density at radius 3 is 2.55 bits per heavy atom. The van der Waals surface area contributed by atoms with Gasteiger partial charge >= 0.3 is 6.09 Å². The van der Waals surface area contributed by atoms with Crippen LogP contribution in [-0.4, -0.2) is 24.1 Å². The maximum Gasteiger partial charge on any atom is 0.421 e. The fourth-order valence-electron chi connectivity index (χ4n) is 1.25. The van der Waals surface area contributed by atoms with Gasteiger partial charge in [0, 0.05) is 26.0 Å². The Kier molecular flexibility index (Phi) is 3.05. The van der Waals surface area contributed by atoms with Gasteiger partial charge in [-0.15, -0.1) is 0 Å². The van der Waals surface area contributed by atoms with E-state index < -0.39 is 0 Å². The van der Waals surface area contributed by atoms with Gasteiger partial charge in [0.25, 0.3) is 0 Å². The number of piperidine rings is 1. The van der Waals surface area contributed by atoms with Crippen LogP contribution in [0.4, 0.5) is 4.79 Å². The van der Waals surface area contributed by atoms with Gasteiger partial charge in [-0.25, -0.2) is 4.79 Å². The van der Waals surface area contributed by atoms with E-state index in [-0.39, 0.29) is 6.09 Å². The molecule has 1 rings (SSSR count). The van der Waals surface area contributed by atoms with Crippen LogP contribution in [0.3, 0.4) is 0 Å². The highest BCUT2D eigenvalue weighted by Crippen LogP contribution is 2.16. The van der Waals surface area contributed by atoms with Crippen molar-refractivity contribution >= 4 is 19.0 Å². The molecule has 1 saturated heterocycles. The molecule has 1 heterocycles. The molecule has 1 aliphatic heterocycles. The molecule has 0 radical (unpaired) electrons. The van der Waals surface area contributed by atoms with Gasteiger partial charge in [0.15, 0.2) is 0 Å². The lowest BCUT2D eigenvalue weighted by atomic mass is 10.00. The van der Waals surface area contributed by atoms with Crippen LogP contribution in [0.1, 0.15) is 19.8 Å². The maximum absolute atomic E-state index is 10.9. The smallest absolute Gasteiger partial charge is 0.378 e. The number of hydrogen-bond acceptors (Lipinski definition) is 3. The van der Waals surface area contributed by atoms with Gasteiger partial charge in [0.05, 0.1) is 0 Å². The largest absolute Gasteiger partial charge is 0.421 e. The van der Waals surface area contributed by atoms with Gasteiger partial charge in [-0.05, 0) is 18.8 Å². The van der Waals surface area contributed by atoms with E-state index in [1.807, 2.05) is 0 Å². The van der Waals surface area contributed by atoms with Gasteiger partial charge < -0.3 is 9.08 Å². The summed E-state index contributed by atoms with van der Waals surface area (Å²) in [5, 5.41) is 0. The Labute approximate surface area is 72.3 Å². The highest BCUT2D eigenvalue weighted by atomic mass is 32.1. The lowest BCUT2D eigenvalue weighted by molar-refractivity contribution is 0.141. The second-order valence-electron chi connectivity index (χ2n) is 3.03. The molecule has 1 amide bonds. The van der Waals surface area contributed by atoms with Gasteiger partial charge in [-0.2, -0.15) is 0 Å². The molecular weight excluding hydrogens is 162 g/mol. The van der Waals surface area contributed by atoms with Gasteiger partial charge in [0.1, 0.15) is 0 Å². The van der Waals surface area contributed by atoms with Gasteiger partial charge in [-0.3, -0.25) is 0 Å². The zero-order chi connectivity index (χ0) is 8.27. The lowest BCUT2D eigenvalue weighted by Crippen LogP contribution is -2.37. The molecule has 3 nitrogen and oxygen atoms in total. The Balaban J connectivity index is 2.33. The van der Waals surface area contributed by atoms with E-state index in [1.165, 1.54) is 0 Å². The SMILES string of the molecule is CC1CCN(C(=O)OS)CC1. The molecule has 11 heavy (non-hydrogen) atoms. The van der Waals surface area contributed by atoms with Crippen LogP contribution in [0.25, 0.3) is 0 Å². The summed E-state index contributed by atoms with van der Waals surface area (Å²) in [6, 6.07) is 0. The second kappa shape index (κ2) is 3.85. The maximum atomic E-state index is 10.9. The summed E-state index contributed by atoms with van der Waals surface area (Å²) < 4.78 is 4.31. The van der Waals surface area contributed by atoms with Crippen molar-refractivity contribution in [1.82, 2.24) is 4.90 Å². The normalized spacial score (nSPS) is 20.0. The van der Waals surface area contributed by atoms with E-state index in [0.717, 1.165) is 31.8 Å². The topological polar surface area (TPSA) is 29.5 Å². The summed E-state index contributed by atoms with van der Waals surface area (Å²) in [6.45, 7) is 3.81. The van der Waals surface area contributed by atoms with E-state index in [2.05, 4.69) is 24.0 Å². The molecular formula is C7H13NO2S. The first-order valence-corrected chi connectivity index (χ1v) is 4.21. The van der Waals surface area contributed by atoms with Crippen molar-refractivity contribution < 1.29 is 8.98 Å². The number of carbonyl (C=O) groups is 1. The average Bonchev–Trinajstić information content (AvgIpc) is 2.05. The van der Waals surface area contributed by atoms with E-state index in [1.54, 1.807) is 4.90 Å². The highest BCUT2D eigenvalue weighted by molar-refractivity contribution is 7.75. The fraction of sp³-hybridized carbons (Fsp3) is 0.857. The van der Waals surface area contributed by atoms with Crippen molar-refractivity contribution in [2.45, 2.75) is 19.8 Å². The van der Waals surface area contributed by atoms with Crippen LogP contribution in [0, 0.1) is 5.92 Å². The number of hydrogen-bond donors (Lipinski definition) is 1. The molecule has 1 fully saturated rings. The number of amides is 1. The molecule has 0 aliphatic carbocycles. The molecule has 0 atom stereocenters. The number of carbonyl (C=O) groups excluding carboxylic acids is 1. The predicted octanol–water partition coefficient (Wildman–Crippen LogP) is 1.70. The monoisotopic (exact) mass is 175 g/mol. The molecule has 0 aromatic carbocycles. The third-order valence-electron chi connectivity index (χ3n) is 2.12. The van der Waals surface area contributed by atoms with Crippen LogP contribution in [0.2, 0.25) is 0 Å². The molecule has 0 saturated carbocycles. The van der Waals surface area contributed by atoms with Gasteiger partial charge in [0.2, 0.25) is 0 Å². The van der Waals surface area contributed by atoms with E-state index in [4.69, 9.17) is 0 Å². The fourth-order valence-corrected chi connectivity index (χ4v) is 1.36. The number of likely N-dealkylation sites (tertiary alicyclic amines) is 1. The zero-order valence-electron chi connectivity index (χ0n) is 6.62. The lowest BCUT2D eigenvalue weighted by Gasteiger charge is -2.28. The Bertz CT molecular complexity index is 143. The summed E-state index contributed by atoms with van der Waals surface area (Å²) >= 11 is 3.46. The molecule has 0 N–H and O–H groups in total. The molecule has 1 aliphatic rings. The van der Waals surface area contributed by atoms with Crippen LogP contribution in [0.15, 0.2) is 0 Å². The second-order valence-corrected chi connectivity index (χ2v) is 3.21. The molecule has 4 heteroatoms. The minimum Gasteiger partial charge on any atom is -0.378 e. The quantitative estimate of drug-likeness (QED) is 0.448. The molecule has 0 spiro atoms. The summed E-state index contributed by atoms with van der Waals surface area (Å²) in [4.78, 5) is 12.6. The van der Waals surface area contributed by atoms with Crippen molar-refractivity contribution in [3.63, 3.8) is 0 Å². The molecule has 0 unspecified atom stereocenters. The highest BCUT2D eigenvalue weighted by Gasteiger charge is 2.20. The predicted molar refractivity (Wildman–Crippen MR) is 45.4 cm³/mol. The first-order chi connectivity index (χ1) is 5.24. The van der Waals surface area contributed by atoms with Crippen molar-refractivity contribution in [3.05, 3.63) is 0 Å². The Hall–Kier alpha value is -0.380. The summed E-state index contributed by atoms with van der Waals surface area (Å²) in [7, 11) is 0. The minimum absolute atomic E-state index is 0.319. The average molecular weight is 175 g/mol. The van der Waals surface area contributed by atoms with Crippen LogP contribution in [0.5, 0.6) is 0 Å². The van der Waals surface area contributed by atoms with Crippen LogP contribution in [-0.2, 0) is 4.18 Å². The number of thiol groups is 1. The van der Waals surface area contributed by atoms with Crippen LogP contribution >= 0.6 is 12.9 Å². The minimum atomic E-state index is -0.319. The zero-order valence-corrected chi connectivity index (χ0v) is 7.51. The third-order valence-corrected chi connectivity index (χ3v) is 2.28. The summed E-state index contributed by atoms with van der Waals surface area (Å²) in [5.41, 5.74) is 0.